The summed E-state index contributed by atoms with van der Waals surface area (Å²) in [7, 11) is 3.56. The van der Waals surface area contributed by atoms with Gasteiger partial charge in [-0.1, -0.05) is 0 Å². The zero-order chi connectivity index (χ0) is 17.6. The topological polar surface area (TPSA) is 43.7 Å². The van der Waals surface area contributed by atoms with Gasteiger partial charge in [-0.15, -0.1) is 0 Å². The zero-order valence-corrected chi connectivity index (χ0v) is 14.6. The second kappa shape index (κ2) is 6.11. The highest BCUT2D eigenvalue weighted by atomic mass is 19.1. The number of nitrogens with zero attached hydrogens (tertiary/aromatic N) is 2. The van der Waals surface area contributed by atoms with E-state index in [-0.39, 0.29) is 23.4 Å². The molecule has 6 heteroatoms. The number of piperidine rings is 1. The summed E-state index contributed by atoms with van der Waals surface area (Å²) < 4.78 is 27.0. The molecule has 25 heavy (non-hydrogen) atoms. The molecule has 3 heterocycles. The Morgan fingerprint density at radius 2 is 2.24 bits per heavy atom. The van der Waals surface area contributed by atoms with E-state index in [1.165, 1.54) is 12.1 Å². The number of halogens is 1. The van der Waals surface area contributed by atoms with Gasteiger partial charge in [0.05, 0.1) is 12.6 Å². The highest BCUT2D eigenvalue weighted by Gasteiger charge is 2.48. The number of methoxy groups -OCH3 is 1. The van der Waals surface area contributed by atoms with Crippen LogP contribution in [0.25, 0.3) is 10.9 Å². The average molecular weight is 346 g/mol. The fourth-order valence-electron chi connectivity index (χ4n) is 4.33. The number of likely N-dealkylation sites (tertiary alicyclic amines) is 1. The van der Waals surface area contributed by atoms with Gasteiger partial charge in [0.1, 0.15) is 17.1 Å². The lowest BCUT2D eigenvalue weighted by atomic mass is 9.86. The Bertz CT molecular complexity index is 810. The molecule has 1 spiro atoms. The van der Waals surface area contributed by atoms with E-state index < -0.39 is 0 Å². The van der Waals surface area contributed by atoms with Crippen molar-refractivity contribution < 1.29 is 18.7 Å². The van der Waals surface area contributed by atoms with Crippen LogP contribution in [0.15, 0.2) is 24.3 Å². The van der Waals surface area contributed by atoms with Gasteiger partial charge in [-0.3, -0.25) is 4.79 Å². The van der Waals surface area contributed by atoms with Gasteiger partial charge in [0.2, 0.25) is 0 Å². The maximum absolute atomic E-state index is 13.5. The van der Waals surface area contributed by atoms with E-state index in [2.05, 4.69) is 0 Å². The first-order chi connectivity index (χ1) is 12.0. The Morgan fingerprint density at radius 1 is 1.40 bits per heavy atom. The van der Waals surface area contributed by atoms with Crippen LogP contribution in [-0.2, 0) is 16.5 Å². The van der Waals surface area contributed by atoms with Gasteiger partial charge < -0.3 is 18.9 Å². The Labute approximate surface area is 146 Å². The average Bonchev–Trinajstić information content (AvgIpc) is 3.19. The maximum atomic E-state index is 13.5. The highest BCUT2D eigenvalue weighted by molar-refractivity contribution is 5.98. The third kappa shape index (κ3) is 2.64. The Morgan fingerprint density at radius 3 is 2.96 bits per heavy atom. The van der Waals surface area contributed by atoms with Crippen molar-refractivity contribution in [2.24, 2.45) is 7.05 Å². The predicted octanol–water partition coefficient (Wildman–Crippen LogP) is 2.73. The van der Waals surface area contributed by atoms with Gasteiger partial charge in [0.15, 0.2) is 0 Å². The van der Waals surface area contributed by atoms with Crippen molar-refractivity contribution in [2.75, 3.05) is 26.8 Å². The fraction of sp³-hybridized carbons (Fsp3) is 0.526. The molecule has 2 aliphatic heterocycles. The molecule has 5 nitrogen and oxygen atoms in total. The fourth-order valence-corrected chi connectivity index (χ4v) is 4.33. The van der Waals surface area contributed by atoms with Crippen LogP contribution in [0.1, 0.15) is 29.8 Å². The summed E-state index contributed by atoms with van der Waals surface area (Å²) in [6.45, 7) is 1.90. The van der Waals surface area contributed by atoms with E-state index >= 15 is 0 Å². The number of rotatable bonds is 2. The summed E-state index contributed by atoms with van der Waals surface area (Å²) >= 11 is 0. The first-order valence-corrected chi connectivity index (χ1v) is 8.75. The lowest BCUT2D eigenvalue weighted by molar-refractivity contribution is -0.137. The summed E-state index contributed by atoms with van der Waals surface area (Å²) in [6.07, 6.45) is 2.70. The third-order valence-corrected chi connectivity index (χ3v) is 5.64. The third-order valence-electron chi connectivity index (χ3n) is 5.64. The molecule has 1 amide bonds. The molecule has 0 N–H and O–H groups in total. The summed E-state index contributed by atoms with van der Waals surface area (Å²) in [6, 6.07) is 6.36. The second-order valence-electron chi connectivity index (χ2n) is 7.05. The van der Waals surface area contributed by atoms with E-state index in [1.54, 1.807) is 19.2 Å². The van der Waals surface area contributed by atoms with Crippen molar-refractivity contribution in [3.63, 3.8) is 0 Å². The quantitative estimate of drug-likeness (QED) is 0.840. The van der Waals surface area contributed by atoms with Crippen LogP contribution in [-0.4, -0.2) is 53.9 Å². The number of carbonyl (C=O) groups is 1. The number of aromatic nitrogens is 1. The lowest BCUT2D eigenvalue weighted by Gasteiger charge is -2.44. The van der Waals surface area contributed by atoms with Crippen LogP contribution in [0, 0.1) is 5.82 Å². The van der Waals surface area contributed by atoms with Crippen molar-refractivity contribution >= 4 is 16.8 Å². The van der Waals surface area contributed by atoms with Crippen LogP contribution < -0.4 is 0 Å². The Hall–Kier alpha value is -1.92. The Kier molecular flexibility index (Phi) is 4.04. The van der Waals surface area contributed by atoms with Crippen LogP contribution in [0.2, 0.25) is 0 Å². The highest BCUT2D eigenvalue weighted by Crippen LogP contribution is 2.37. The van der Waals surface area contributed by atoms with E-state index in [9.17, 15) is 9.18 Å². The van der Waals surface area contributed by atoms with Gasteiger partial charge >= 0.3 is 0 Å². The maximum Gasteiger partial charge on any atom is 0.270 e. The predicted molar refractivity (Wildman–Crippen MR) is 92.1 cm³/mol. The van der Waals surface area contributed by atoms with Crippen LogP contribution in [0.4, 0.5) is 4.39 Å². The molecular weight excluding hydrogens is 323 g/mol. The molecule has 2 atom stereocenters. The molecule has 2 saturated heterocycles. The lowest BCUT2D eigenvalue weighted by Crippen LogP contribution is -2.58. The number of hydrogen-bond acceptors (Lipinski definition) is 3. The second-order valence-corrected chi connectivity index (χ2v) is 7.05. The summed E-state index contributed by atoms with van der Waals surface area (Å²) in [4.78, 5) is 15.0. The minimum Gasteiger partial charge on any atom is -0.378 e. The normalized spacial score (nSPS) is 26.7. The number of benzene rings is 1. The molecule has 4 rings (SSSR count). The first kappa shape index (κ1) is 16.5. The van der Waals surface area contributed by atoms with Crippen LogP contribution in [0.3, 0.4) is 0 Å². The minimum absolute atomic E-state index is 0.0284. The Balaban J connectivity index is 1.64. The number of ether oxygens (including phenoxy) is 2. The van der Waals surface area contributed by atoms with Crippen molar-refractivity contribution in [2.45, 2.75) is 31.0 Å². The van der Waals surface area contributed by atoms with Crippen LogP contribution in [0.5, 0.6) is 0 Å². The molecule has 2 aliphatic rings. The minimum atomic E-state index is -0.390. The van der Waals surface area contributed by atoms with E-state index in [4.69, 9.17) is 9.47 Å². The largest absolute Gasteiger partial charge is 0.378 e. The van der Waals surface area contributed by atoms with Gasteiger partial charge in [0, 0.05) is 38.2 Å². The van der Waals surface area contributed by atoms with Gasteiger partial charge in [-0.2, -0.15) is 0 Å². The number of fused-ring (bicyclic) bond motifs is 1. The molecule has 134 valence electrons. The SMILES string of the molecule is CO[C@H]1CCN(C(=O)c2cc3cc(F)ccc3n2C)C[C@@]12CCCO2. The van der Waals surface area contributed by atoms with Crippen LogP contribution >= 0.6 is 0 Å². The summed E-state index contributed by atoms with van der Waals surface area (Å²) in [5.74, 6) is -0.333. The number of amides is 1. The molecule has 0 bridgehead atoms. The number of aryl methyl sites for hydroxylation is 1. The monoisotopic (exact) mass is 346 g/mol. The molecule has 0 radical (unpaired) electrons. The molecule has 2 aromatic rings. The summed E-state index contributed by atoms with van der Waals surface area (Å²) in [5, 5.41) is 0.740. The standard InChI is InChI=1S/C19H23FN2O3/c1-21-15-5-4-14(20)10-13(15)11-16(21)18(23)22-8-6-17(24-2)19(12-22)7-3-9-25-19/h4-5,10-11,17H,3,6-9,12H2,1-2H3/t17-,19-/m0/s1. The molecule has 1 aromatic carbocycles. The smallest absolute Gasteiger partial charge is 0.270 e. The zero-order valence-electron chi connectivity index (χ0n) is 14.6. The van der Waals surface area contributed by atoms with Gasteiger partial charge in [0.25, 0.3) is 5.91 Å². The van der Waals surface area contributed by atoms with Gasteiger partial charge in [-0.25, -0.2) is 4.39 Å². The van der Waals surface area contributed by atoms with Crippen molar-refractivity contribution in [1.82, 2.24) is 9.47 Å². The molecular formula is C19H23FN2O3. The van der Waals surface area contributed by atoms with E-state index in [1.807, 2.05) is 16.5 Å². The van der Waals surface area contributed by atoms with Crippen molar-refractivity contribution in [3.05, 3.63) is 35.8 Å². The molecule has 0 unspecified atom stereocenters. The first-order valence-electron chi connectivity index (χ1n) is 8.75. The van der Waals surface area contributed by atoms with E-state index in [0.29, 0.717) is 18.8 Å². The molecule has 0 saturated carbocycles. The van der Waals surface area contributed by atoms with Gasteiger partial charge in [-0.05, 0) is 43.5 Å². The number of carbonyl (C=O) groups excluding carboxylic acids is 1. The van der Waals surface area contributed by atoms with Crippen molar-refractivity contribution in [1.29, 1.82) is 0 Å². The molecule has 1 aromatic heterocycles. The molecule has 2 fully saturated rings. The van der Waals surface area contributed by atoms with E-state index in [0.717, 1.165) is 36.8 Å². The molecule has 0 aliphatic carbocycles. The summed E-state index contributed by atoms with van der Waals surface area (Å²) in [5.41, 5.74) is 1.03. The number of hydrogen-bond donors (Lipinski definition) is 0. The van der Waals surface area contributed by atoms with Crippen molar-refractivity contribution in [3.8, 4) is 0 Å².